The molecule has 1 aliphatic heterocycles. The van der Waals surface area contributed by atoms with Crippen LogP contribution < -0.4 is 10.6 Å². The first-order valence-electron chi connectivity index (χ1n) is 9.92. The van der Waals surface area contributed by atoms with E-state index in [1.54, 1.807) is 0 Å². The Morgan fingerprint density at radius 3 is 2.80 bits per heavy atom. The van der Waals surface area contributed by atoms with Gasteiger partial charge in [-0.3, -0.25) is 10.1 Å². The van der Waals surface area contributed by atoms with Gasteiger partial charge in [-0.15, -0.1) is 0 Å². The molecule has 25 heavy (non-hydrogen) atoms. The number of nitrogens with zero attached hydrogens (tertiary/aromatic N) is 3. The fourth-order valence-corrected chi connectivity index (χ4v) is 3.22. The minimum Gasteiger partial charge on any atom is -0.357 e. The fraction of sp³-hybridized carbons (Fsp3) is 0.789. The summed E-state index contributed by atoms with van der Waals surface area (Å²) in [5.74, 6) is 1.85. The Labute approximate surface area is 152 Å². The number of nitrogens with one attached hydrogen (secondary N) is 3. The second-order valence-electron chi connectivity index (χ2n) is 7.19. The first-order valence-corrected chi connectivity index (χ1v) is 9.92. The largest absolute Gasteiger partial charge is 0.357 e. The molecule has 0 aliphatic carbocycles. The van der Waals surface area contributed by atoms with Crippen molar-refractivity contribution in [1.29, 1.82) is 0 Å². The van der Waals surface area contributed by atoms with Crippen molar-refractivity contribution in [3.05, 3.63) is 17.5 Å². The maximum absolute atomic E-state index is 4.69. The molecule has 142 valence electrons. The Morgan fingerprint density at radius 2 is 2.12 bits per heavy atom. The first kappa shape index (κ1) is 19.8. The van der Waals surface area contributed by atoms with Crippen molar-refractivity contribution in [1.82, 2.24) is 25.7 Å². The standard InChI is InChI=1S/C19H36N6/c1-4-20-19(21-10-5-7-18-15-23-24-17(18)3)22-11-6-12-25-13-8-16(2)9-14-25/h15-16H,4-14H2,1-3H3,(H,23,24)(H2,20,21,22). The van der Waals surface area contributed by atoms with Gasteiger partial charge in [0.25, 0.3) is 0 Å². The molecule has 0 aromatic carbocycles. The number of aromatic nitrogens is 2. The van der Waals surface area contributed by atoms with E-state index >= 15 is 0 Å². The molecule has 0 radical (unpaired) electrons. The van der Waals surface area contributed by atoms with E-state index in [1.807, 2.05) is 6.20 Å². The normalized spacial score (nSPS) is 17.0. The van der Waals surface area contributed by atoms with Crippen LogP contribution >= 0.6 is 0 Å². The highest BCUT2D eigenvalue weighted by atomic mass is 15.2. The summed E-state index contributed by atoms with van der Waals surface area (Å²) >= 11 is 0. The summed E-state index contributed by atoms with van der Waals surface area (Å²) in [5.41, 5.74) is 2.46. The summed E-state index contributed by atoms with van der Waals surface area (Å²) < 4.78 is 0. The highest BCUT2D eigenvalue weighted by Crippen LogP contribution is 2.15. The average Bonchev–Trinajstić information content (AvgIpc) is 3.02. The molecule has 1 fully saturated rings. The molecule has 0 saturated carbocycles. The molecular formula is C19H36N6. The molecule has 2 heterocycles. The van der Waals surface area contributed by atoms with Crippen LogP contribution in [-0.2, 0) is 6.42 Å². The summed E-state index contributed by atoms with van der Waals surface area (Å²) in [5, 5.41) is 13.9. The number of hydrogen-bond acceptors (Lipinski definition) is 3. The molecule has 1 aromatic rings. The lowest BCUT2D eigenvalue weighted by Crippen LogP contribution is -2.39. The molecule has 1 aromatic heterocycles. The van der Waals surface area contributed by atoms with Crippen molar-refractivity contribution in [3.63, 3.8) is 0 Å². The number of hydrogen-bond donors (Lipinski definition) is 3. The Bertz CT molecular complexity index is 502. The van der Waals surface area contributed by atoms with Gasteiger partial charge in [0, 0.05) is 25.3 Å². The van der Waals surface area contributed by atoms with Crippen LogP contribution in [0.15, 0.2) is 11.2 Å². The monoisotopic (exact) mass is 348 g/mol. The lowest BCUT2D eigenvalue weighted by atomic mass is 9.99. The molecule has 1 saturated heterocycles. The minimum absolute atomic E-state index is 0.837. The van der Waals surface area contributed by atoms with Crippen molar-refractivity contribution in [2.75, 3.05) is 39.3 Å². The van der Waals surface area contributed by atoms with Gasteiger partial charge < -0.3 is 15.5 Å². The maximum atomic E-state index is 4.69. The van der Waals surface area contributed by atoms with Crippen molar-refractivity contribution >= 4 is 5.96 Å². The topological polar surface area (TPSA) is 68.3 Å². The third kappa shape index (κ3) is 7.46. The summed E-state index contributed by atoms with van der Waals surface area (Å²) in [6.45, 7) is 13.0. The number of aromatic amines is 1. The molecule has 0 unspecified atom stereocenters. The predicted molar refractivity (Wildman–Crippen MR) is 105 cm³/mol. The molecular weight excluding hydrogens is 312 g/mol. The first-order chi connectivity index (χ1) is 12.2. The van der Waals surface area contributed by atoms with E-state index in [0.29, 0.717) is 0 Å². The summed E-state index contributed by atoms with van der Waals surface area (Å²) in [6.07, 6.45) is 7.87. The number of rotatable bonds is 9. The molecule has 6 nitrogen and oxygen atoms in total. The van der Waals surface area contributed by atoms with Crippen LogP contribution in [0, 0.1) is 12.8 Å². The van der Waals surface area contributed by atoms with Crippen LogP contribution in [-0.4, -0.2) is 60.3 Å². The van der Waals surface area contributed by atoms with Crippen molar-refractivity contribution in [2.45, 2.75) is 52.9 Å². The SMILES string of the molecule is CCNC(=NCCCc1cn[nH]c1C)NCCCN1CCC(C)CC1. The van der Waals surface area contributed by atoms with Crippen LogP contribution in [0.5, 0.6) is 0 Å². The number of aliphatic imine (C=N–C) groups is 1. The predicted octanol–water partition coefficient (Wildman–Crippen LogP) is 2.33. The van der Waals surface area contributed by atoms with E-state index < -0.39 is 0 Å². The minimum atomic E-state index is 0.837. The fourth-order valence-electron chi connectivity index (χ4n) is 3.22. The van der Waals surface area contributed by atoms with Crippen molar-refractivity contribution in [2.24, 2.45) is 10.9 Å². The lowest BCUT2D eigenvalue weighted by Gasteiger charge is -2.30. The van der Waals surface area contributed by atoms with Gasteiger partial charge in [0.1, 0.15) is 0 Å². The van der Waals surface area contributed by atoms with E-state index in [-0.39, 0.29) is 0 Å². The Balaban J connectivity index is 1.61. The second-order valence-corrected chi connectivity index (χ2v) is 7.19. The zero-order valence-electron chi connectivity index (χ0n) is 16.3. The van der Waals surface area contributed by atoms with Crippen LogP contribution in [0.4, 0.5) is 0 Å². The Kier molecular flexibility index (Phi) is 8.80. The smallest absolute Gasteiger partial charge is 0.191 e. The highest BCUT2D eigenvalue weighted by Gasteiger charge is 2.14. The Morgan fingerprint density at radius 1 is 1.32 bits per heavy atom. The molecule has 0 amide bonds. The van der Waals surface area contributed by atoms with Crippen LogP contribution in [0.3, 0.4) is 0 Å². The van der Waals surface area contributed by atoms with Crippen molar-refractivity contribution in [3.8, 4) is 0 Å². The van der Waals surface area contributed by atoms with Crippen LogP contribution in [0.2, 0.25) is 0 Å². The van der Waals surface area contributed by atoms with E-state index in [4.69, 9.17) is 0 Å². The van der Waals surface area contributed by atoms with E-state index in [2.05, 4.69) is 51.5 Å². The zero-order valence-corrected chi connectivity index (χ0v) is 16.3. The average molecular weight is 349 g/mol. The van der Waals surface area contributed by atoms with Crippen molar-refractivity contribution < 1.29 is 0 Å². The maximum Gasteiger partial charge on any atom is 0.191 e. The van der Waals surface area contributed by atoms with Gasteiger partial charge >= 0.3 is 0 Å². The van der Waals surface area contributed by atoms with Gasteiger partial charge in [0.05, 0.1) is 6.20 Å². The molecule has 2 rings (SSSR count). The van der Waals surface area contributed by atoms with Gasteiger partial charge in [-0.2, -0.15) is 5.10 Å². The third-order valence-electron chi connectivity index (χ3n) is 4.97. The quantitative estimate of drug-likeness (QED) is 0.364. The van der Waals surface area contributed by atoms with Crippen LogP contribution in [0.25, 0.3) is 0 Å². The summed E-state index contributed by atoms with van der Waals surface area (Å²) in [4.78, 5) is 7.28. The molecule has 6 heteroatoms. The lowest BCUT2D eigenvalue weighted by molar-refractivity contribution is 0.191. The molecule has 3 N–H and O–H groups in total. The number of piperidine rings is 1. The van der Waals surface area contributed by atoms with Gasteiger partial charge in [-0.1, -0.05) is 6.92 Å². The summed E-state index contributed by atoms with van der Waals surface area (Å²) in [7, 11) is 0. The number of aryl methyl sites for hydroxylation is 2. The third-order valence-corrected chi connectivity index (χ3v) is 4.97. The molecule has 0 bridgehead atoms. The second kappa shape index (κ2) is 11.1. The number of likely N-dealkylation sites (tertiary alicyclic amines) is 1. The van der Waals surface area contributed by atoms with Crippen LogP contribution in [0.1, 0.15) is 50.8 Å². The molecule has 0 spiro atoms. The van der Waals surface area contributed by atoms with E-state index in [0.717, 1.165) is 44.4 Å². The van der Waals surface area contributed by atoms with Gasteiger partial charge in [0.2, 0.25) is 0 Å². The number of H-pyrrole nitrogens is 1. The molecule has 1 aliphatic rings. The zero-order chi connectivity index (χ0) is 17.9. The van der Waals surface area contributed by atoms with Gasteiger partial charge in [-0.25, -0.2) is 0 Å². The van der Waals surface area contributed by atoms with Gasteiger partial charge in [-0.05, 0) is 77.1 Å². The van der Waals surface area contributed by atoms with E-state index in [1.165, 1.54) is 50.2 Å². The summed E-state index contributed by atoms with van der Waals surface area (Å²) in [6, 6.07) is 0. The highest BCUT2D eigenvalue weighted by molar-refractivity contribution is 5.79. The van der Waals surface area contributed by atoms with Gasteiger partial charge in [0.15, 0.2) is 5.96 Å². The van der Waals surface area contributed by atoms with E-state index in [9.17, 15) is 0 Å². The Hall–Kier alpha value is -1.56. The molecule has 0 atom stereocenters. The number of guanidine groups is 1.